The minimum absolute atomic E-state index is 0.395. The van der Waals surface area contributed by atoms with Crippen molar-refractivity contribution in [3.63, 3.8) is 0 Å². The van der Waals surface area contributed by atoms with Crippen LogP contribution in [0.25, 0.3) is 0 Å². The van der Waals surface area contributed by atoms with Gasteiger partial charge in [-0.05, 0) is 9.91 Å². The van der Waals surface area contributed by atoms with Gasteiger partial charge in [0.05, 0.1) is 6.07 Å². The van der Waals surface area contributed by atoms with Crippen LogP contribution in [0.1, 0.15) is 5.56 Å². The molecule has 10 heteroatoms. The van der Waals surface area contributed by atoms with Crippen LogP contribution in [-0.4, -0.2) is 16.3 Å². The van der Waals surface area contributed by atoms with Crippen LogP contribution < -0.4 is 4.74 Å². The van der Waals surface area contributed by atoms with Crippen molar-refractivity contribution in [2.24, 2.45) is 0 Å². The zero-order valence-electron chi connectivity index (χ0n) is 7.66. The summed E-state index contributed by atoms with van der Waals surface area (Å²) >= 11 is 2.65. The molecule has 17 heavy (non-hydrogen) atoms. The quantitative estimate of drug-likeness (QED) is 0.475. The number of nitrogens with zero attached hydrogens (tertiary/aromatic N) is 3. The second-order valence-electron chi connectivity index (χ2n) is 2.56. The molecular formula is C7HBrF3N3O3. The van der Waals surface area contributed by atoms with Crippen molar-refractivity contribution >= 4 is 21.7 Å². The van der Waals surface area contributed by atoms with Crippen LogP contribution in [-0.2, 0) is 0 Å². The highest BCUT2D eigenvalue weighted by molar-refractivity contribution is 9.10. The normalized spacial score (nSPS) is 10.8. The molecule has 0 N–H and O–H groups in total. The number of nitriles is 1. The maximum absolute atomic E-state index is 12.0. The van der Waals surface area contributed by atoms with E-state index in [0.29, 0.717) is 6.07 Å². The molecule has 0 spiro atoms. The van der Waals surface area contributed by atoms with Crippen molar-refractivity contribution in [3.05, 3.63) is 26.3 Å². The van der Waals surface area contributed by atoms with Crippen molar-refractivity contribution < 1.29 is 22.8 Å². The number of rotatable bonds is 2. The lowest BCUT2D eigenvalue weighted by atomic mass is 10.3. The molecule has 0 aliphatic heterocycles. The molecule has 6 nitrogen and oxygen atoms in total. The van der Waals surface area contributed by atoms with Crippen molar-refractivity contribution in [2.45, 2.75) is 6.36 Å². The van der Waals surface area contributed by atoms with E-state index in [4.69, 9.17) is 5.26 Å². The van der Waals surface area contributed by atoms with E-state index in [0.717, 1.165) is 0 Å². The van der Waals surface area contributed by atoms with E-state index >= 15 is 0 Å². The smallest absolute Gasteiger partial charge is 0.404 e. The highest BCUT2D eigenvalue weighted by Gasteiger charge is 2.34. The highest BCUT2D eigenvalue weighted by Crippen LogP contribution is 2.32. The summed E-state index contributed by atoms with van der Waals surface area (Å²) in [5.74, 6) is -1.84. The summed E-state index contributed by atoms with van der Waals surface area (Å²) < 4.78 is 39.1. The largest absolute Gasteiger partial charge is 0.573 e. The van der Waals surface area contributed by atoms with E-state index in [1.807, 2.05) is 0 Å². The Labute approximate surface area is 99.9 Å². The molecule has 0 amide bonds. The van der Waals surface area contributed by atoms with E-state index in [1.165, 1.54) is 6.07 Å². The van der Waals surface area contributed by atoms with Gasteiger partial charge in [-0.1, -0.05) is 0 Å². The maximum Gasteiger partial charge on any atom is 0.573 e. The third-order valence-corrected chi connectivity index (χ3v) is 2.02. The molecule has 0 fully saturated rings. The first kappa shape index (κ1) is 13.2. The Kier molecular flexibility index (Phi) is 3.52. The molecule has 0 saturated heterocycles. The third-order valence-electron chi connectivity index (χ3n) is 1.45. The zero-order valence-corrected chi connectivity index (χ0v) is 9.24. The van der Waals surface area contributed by atoms with E-state index in [2.05, 4.69) is 25.7 Å². The lowest BCUT2D eigenvalue weighted by molar-refractivity contribution is -0.389. The van der Waals surface area contributed by atoms with E-state index < -0.39 is 33.0 Å². The zero-order chi connectivity index (χ0) is 13.2. The fraction of sp³-hybridized carbons (Fsp3) is 0.143. The van der Waals surface area contributed by atoms with Crippen LogP contribution in [0.5, 0.6) is 5.75 Å². The Morgan fingerprint density at radius 1 is 1.59 bits per heavy atom. The Balaban J connectivity index is 3.35. The van der Waals surface area contributed by atoms with Gasteiger partial charge in [0.2, 0.25) is 4.60 Å². The summed E-state index contributed by atoms with van der Waals surface area (Å²) in [6, 6.07) is 1.82. The number of ether oxygens (including phenoxy) is 1. The average Bonchev–Trinajstić information content (AvgIpc) is 2.14. The van der Waals surface area contributed by atoms with Crippen molar-refractivity contribution in [3.8, 4) is 11.8 Å². The lowest BCUT2D eigenvalue weighted by Crippen LogP contribution is -2.18. The number of hydrogen-bond acceptors (Lipinski definition) is 5. The first-order chi connectivity index (χ1) is 7.74. The van der Waals surface area contributed by atoms with Crippen molar-refractivity contribution in [1.82, 2.24) is 4.98 Å². The minimum Gasteiger partial charge on any atom is -0.404 e. The molecule has 0 saturated carbocycles. The molecule has 0 unspecified atom stereocenters. The average molecular weight is 312 g/mol. The Hall–Kier alpha value is -1.89. The second-order valence-corrected chi connectivity index (χ2v) is 3.31. The highest BCUT2D eigenvalue weighted by atomic mass is 79.9. The molecule has 1 aromatic rings. The lowest BCUT2D eigenvalue weighted by Gasteiger charge is -2.09. The van der Waals surface area contributed by atoms with Crippen LogP contribution in [0.2, 0.25) is 0 Å². The SMILES string of the molecule is N#Cc1c(OC(F)(F)F)cc([N+](=O)[O-])nc1Br. The molecule has 0 aliphatic carbocycles. The van der Waals surface area contributed by atoms with Gasteiger partial charge in [-0.25, -0.2) is 0 Å². The predicted octanol–water partition coefficient (Wildman–Crippen LogP) is 2.52. The van der Waals surface area contributed by atoms with Crippen molar-refractivity contribution in [2.75, 3.05) is 0 Å². The summed E-state index contributed by atoms with van der Waals surface area (Å²) in [4.78, 5) is 12.7. The molecule has 1 rings (SSSR count). The van der Waals surface area contributed by atoms with Gasteiger partial charge >= 0.3 is 12.2 Å². The van der Waals surface area contributed by atoms with E-state index in [-0.39, 0.29) is 0 Å². The number of pyridine rings is 1. The molecule has 1 aromatic heterocycles. The van der Waals surface area contributed by atoms with Gasteiger partial charge in [0.15, 0.2) is 11.3 Å². The van der Waals surface area contributed by atoms with Crippen LogP contribution in [0.3, 0.4) is 0 Å². The van der Waals surface area contributed by atoms with Gasteiger partial charge in [0, 0.05) is 15.9 Å². The predicted molar refractivity (Wildman–Crippen MR) is 50.0 cm³/mol. The monoisotopic (exact) mass is 311 g/mol. The van der Waals surface area contributed by atoms with Gasteiger partial charge in [0.25, 0.3) is 0 Å². The molecular weight excluding hydrogens is 311 g/mol. The molecule has 90 valence electrons. The summed E-state index contributed by atoms with van der Waals surface area (Å²) in [5.41, 5.74) is -0.576. The Morgan fingerprint density at radius 3 is 2.59 bits per heavy atom. The summed E-state index contributed by atoms with van der Waals surface area (Å²) in [7, 11) is 0. The molecule has 0 radical (unpaired) electrons. The van der Waals surface area contributed by atoms with Crippen LogP contribution in [0.4, 0.5) is 19.0 Å². The molecule has 0 bridgehead atoms. The van der Waals surface area contributed by atoms with Crippen LogP contribution in [0, 0.1) is 21.4 Å². The standard InChI is InChI=1S/C7HBrF3N3O3/c8-6-3(2-12)4(17-7(9,10)11)1-5(13-6)14(15)16/h1H. The molecule has 0 aromatic carbocycles. The number of halogens is 4. The topological polar surface area (TPSA) is 89.0 Å². The number of nitro groups is 1. The Bertz CT molecular complexity index is 512. The van der Waals surface area contributed by atoms with Gasteiger partial charge < -0.3 is 14.9 Å². The number of hydrogen-bond donors (Lipinski definition) is 0. The van der Waals surface area contributed by atoms with Gasteiger partial charge in [-0.3, -0.25) is 0 Å². The first-order valence-electron chi connectivity index (χ1n) is 3.75. The second kappa shape index (κ2) is 4.54. The fourth-order valence-electron chi connectivity index (χ4n) is 0.880. The summed E-state index contributed by atoms with van der Waals surface area (Å²) in [6.45, 7) is 0. The summed E-state index contributed by atoms with van der Waals surface area (Å²) in [5, 5.41) is 19.0. The van der Waals surface area contributed by atoms with Gasteiger partial charge in [-0.15, -0.1) is 13.2 Å². The van der Waals surface area contributed by atoms with Gasteiger partial charge in [0.1, 0.15) is 6.07 Å². The maximum atomic E-state index is 12.0. The van der Waals surface area contributed by atoms with Gasteiger partial charge in [-0.2, -0.15) is 5.26 Å². The molecule has 0 atom stereocenters. The van der Waals surface area contributed by atoms with E-state index in [1.54, 1.807) is 0 Å². The molecule has 1 heterocycles. The Morgan fingerprint density at radius 2 is 2.18 bits per heavy atom. The van der Waals surface area contributed by atoms with Crippen molar-refractivity contribution in [1.29, 1.82) is 5.26 Å². The minimum atomic E-state index is -5.06. The van der Waals surface area contributed by atoms with Crippen LogP contribution >= 0.6 is 15.9 Å². The third kappa shape index (κ3) is 3.28. The summed E-state index contributed by atoms with van der Waals surface area (Å²) in [6.07, 6.45) is -5.06. The van der Waals surface area contributed by atoms with E-state index in [9.17, 15) is 23.3 Å². The molecule has 0 aliphatic rings. The first-order valence-corrected chi connectivity index (χ1v) is 4.54. The number of alkyl halides is 3. The van der Waals surface area contributed by atoms with Crippen LogP contribution in [0.15, 0.2) is 10.7 Å². The number of aromatic nitrogens is 1. The fourth-order valence-corrected chi connectivity index (χ4v) is 1.35.